The largest absolute Gasteiger partial charge is 0.379 e. The first-order chi connectivity index (χ1) is 18.1. The molecule has 0 aromatic heterocycles. The van der Waals surface area contributed by atoms with Crippen LogP contribution in [0, 0.1) is 23.2 Å². The maximum atomic E-state index is 12.2. The summed E-state index contributed by atoms with van der Waals surface area (Å²) in [5.41, 5.74) is 1.32. The highest BCUT2D eigenvalue weighted by atomic mass is 32.2. The number of benzene rings is 1. The summed E-state index contributed by atoms with van der Waals surface area (Å²) in [6.07, 6.45) is 4.32. The maximum absolute atomic E-state index is 12.2. The highest BCUT2D eigenvalue weighted by molar-refractivity contribution is 8.00. The number of nitriles is 1. The molecule has 0 radical (unpaired) electrons. The summed E-state index contributed by atoms with van der Waals surface area (Å²) < 4.78 is 11.0. The number of unbranched alkanes of at least 4 members (excludes halogenated alkanes) is 1. The molecule has 37 heavy (non-hydrogen) atoms. The first-order valence-corrected chi connectivity index (χ1v) is 13.8. The molecule has 0 spiro atoms. The predicted molar refractivity (Wildman–Crippen MR) is 141 cm³/mol. The zero-order chi connectivity index (χ0) is 26.3. The molecule has 0 unspecified atom stereocenters. The molecular formula is C27H34N4O5S. The number of carbonyl (C=O) groups is 3. The lowest BCUT2D eigenvalue weighted by Crippen LogP contribution is -2.36. The van der Waals surface area contributed by atoms with Crippen LogP contribution in [0.2, 0.25) is 0 Å². The number of nitrogens with one attached hydrogen (secondary N) is 3. The van der Waals surface area contributed by atoms with Gasteiger partial charge in [0.25, 0.3) is 0 Å². The van der Waals surface area contributed by atoms with Gasteiger partial charge in [0.05, 0.1) is 31.9 Å². The molecule has 2 fully saturated rings. The van der Waals surface area contributed by atoms with Crippen LogP contribution in [0.3, 0.4) is 0 Å². The minimum absolute atomic E-state index is 0.0297. The average molecular weight is 527 g/mol. The summed E-state index contributed by atoms with van der Waals surface area (Å²) in [7, 11) is 0. The average Bonchev–Trinajstić information content (AvgIpc) is 3.45. The molecule has 3 N–H and O–H groups in total. The molecule has 2 aliphatic rings. The van der Waals surface area contributed by atoms with Crippen molar-refractivity contribution in [1.82, 2.24) is 16.0 Å². The predicted octanol–water partition coefficient (Wildman–Crippen LogP) is 2.40. The monoisotopic (exact) mass is 526 g/mol. The Kier molecular flexibility index (Phi) is 12.3. The van der Waals surface area contributed by atoms with Crippen LogP contribution in [0.1, 0.15) is 54.4 Å². The van der Waals surface area contributed by atoms with Gasteiger partial charge in [0, 0.05) is 54.0 Å². The fourth-order valence-electron chi connectivity index (χ4n) is 4.27. The molecule has 10 heteroatoms. The van der Waals surface area contributed by atoms with Crippen LogP contribution in [0.4, 0.5) is 4.79 Å². The number of ether oxygens (including phenoxy) is 2. The number of hydrogen-bond donors (Lipinski definition) is 3. The number of rotatable bonds is 16. The standard InChI is InChI=1S/C27H34N4O5S/c28-13-3-5-20-9-11-21(12-10-20)23(32)6-4-15-35-17-18-36-16-14-29-25(33)8-2-1-7-24-26-22(19-37-24)30-27(34)31-26/h9-12,22,24,26H,1-2,4,6-8,14-19H2,(H,29,33)(H2,30,31,34)/t22-,24-,26-/m0/s1. The van der Waals surface area contributed by atoms with Crippen molar-refractivity contribution in [1.29, 1.82) is 5.26 Å². The number of hydrogen-bond acceptors (Lipinski definition) is 7. The molecular weight excluding hydrogens is 492 g/mol. The Morgan fingerprint density at radius 2 is 1.81 bits per heavy atom. The third-order valence-electron chi connectivity index (χ3n) is 6.18. The van der Waals surface area contributed by atoms with Crippen molar-refractivity contribution < 1.29 is 23.9 Å². The van der Waals surface area contributed by atoms with Crippen LogP contribution in [0.25, 0.3) is 0 Å². The van der Waals surface area contributed by atoms with Gasteiger partial charge in [0.15, 0.2) is 11.9 Å². The number of Topliss-reactive ketones (excluding diaryl/α,β-unsaturated/α-hetero) is 1. The number of ketones is 1. The SMILES string of the molecule is N#CC#Cc1ccc(C(=O)CCCOCCOCCNC(=O)CCCC[C@@H]2SC[C@@H]3NC(=O)N[C@@H]32)cc1. The Morgan fingerprint density at radius 3 is 2.59 bits per heavy atom. The number of thioether (sulfide) groups is 1. The molecule has 0 bridgehead atoms. The fraction of sp³-hybridized carbons (Fsp3) is 0.556. The highest BCUT2D eigenvalue weighted by Gasteiger charge is 2.42. The smallest absolute Gasteiger partial charge is 0.315 e. The van der Waals surface area contributed by atoms with Crippen LogP contribution in [0.15, 0.2) is 24.3 Å². The van der Waals surface area contributed by atoms with Crippen LogP contribution >= 0.6 is 11.8 Å². The third kappa shape index (κ3) is 10.1. The van der Waals surface area contributed by atoms with Gasteiger partial charge in [-0.05, 0) is 31.4 Å². The van der Waals surface area contributed by atoms with E-state index in [0.29, 0.717) is 68.6 Å². The van der Waals surface area contributed by atoms with Crippen molar-refractivity contribution in [2.75, 3.05) is 38.7 Å². The molecule has 0 aliphatic carbocycles. The lowest BCUT2D eigenvalue weighted by Gasteiger charge is -2.16. The van der Waals surface area contributed by atoms with Gasteiger partial charge in [-0.2, -0.15) is 17.0 Å². The third-order valence-corrected chi connectivity index (χ3v) is 7.69. The lowest BCUT2D eigenvalue weighted by molar-refractivity contribution is -0.121. The van der Waals surface area contributed by atoms with E-state index in [-0.39, 0.29) is 29.8 Å². The summed E-state index contributed by atoms with van der Waals surface area (Å²) in [5.74, 6) is 6.04. The molecule has 3 rings (SSSR count). The van der Waals surface area contributed by atoms with Crippen molar-refractivity contribution in [2.45, 2.75) is 55.9 Å². The quantitative estimate of drug-likeness (QED) is 0.131. The first-order valence-electron chi connectivity index (χ1n) is 12.7. The van der Waals surface area contributed by atoms with E-state index in [4.69, 9.17) is 14.7 Å². The van der Waals surface area contributed by atoms with Crippen LogP contribution in [-0.4, -0.2) is 73.8 Å². The Bertz CT molecular complexity index is 1010. The highest BCUT2D eigenvalue weighted by Crippen LogP contribution is 2.33. The summed E-state index contributed by atoms with van der Waals surface area (Å²) in [5, 5.41) is 17.7. The van der Waals surface area contributed by atoms with Gasteiger partial charge in [-0.25, -0.2) is 4.79 Å². The van der Waals surface area contributed by atoms with Crippen molar-refractivity contribution in [2.24, 2.45) is 0 Å². The van der Waals surface area contributed by atoms with Crippen LogP contribution in [0.5, 0.6) is 0 Å². The Balaban J connectivity index is 1.10. The molecule has 198 valence electrons. The maximum Gasteiger partial charge on any atom is 0.315 e. The topological polar surface area (TPSA) is 130 Å². The second kappa shape index (κ2) is 15.9. The Morgan fingerprint density at radius 1 is 1.03 bits per heavy atom. The van der Waals surface area contributed by atoms with Crippen molar-refractivity contribution in [3.05, 3.63) is 35.4 Å². The van der Waals surface area contributed by atoms with E-state index in [1.54, 1.807) is 30.3 Å². The second-order valence-corrected chi connectivity index (χ2v) is 10.2. The minimum atomic E-state index is -0.0653. The summed E-state index contributed by atoms with van der Waals surface area (Å²) >= 11 is 1.89. The van der Waals surface area contributed by atoms with Gasteiger partial charge in [0.1, 0.15) is 0 Å². The Labute approximate surface area is 222 Å². The van der Waals surface area contributed by atoms with E-state index < -0.39 is 0 Å². The van der Waals surface area contributed by atoms with Crippen molar-refractivity contribution in [3.8, 4) is 17.9 Å². The number of fused-ring (bicyclic) bond motifs is 1. The first kappa shape index (κ1) is 28.5. The van der Waals surface area contributed by atoms with E-state index in [1.165, 1.54) is 0 Å². The van der Waals surface area contributed by atoms with E-state index in [9.17, 15) is 14.4 Å². The van der Waals surface area contributed by atoms with Crippen molar-refractivity contribution in [3.63, 3.8) is 0 Å². The number of carbonyl (C=O) groups excluding carboxylic acids is 3. The summed E-state index contributed by atoms with van der Waals surface area (Å²) in [4.78, 5) is 35.6. The molecule has 2 saturated heterocycles. The van der Waals surface area contributed by atoms with Crippen molar-refractivity contribution >= 4 is 29.5 Å². The molecule has 1 aromatic rings. The van der Waals surface area contributed by atoms with Crippen LogP contribution < -0.4 is 16.0 Å². The molecule has 0 saturated carbocycles. The molecule has 1 aromatic carbocycles. The van der Waals surface area contributed by atoms with E-state index >= 15 is 0 Å². The molecule has 2 heterocycles. The summed E-state index contributed by atoms with van der Waals surface area (Å²) in [6.45, 7) is 2.24. The Hall–Kier alpha value is -3.05. The van der Waals surface area contributed by atoms with Gasteiger partial charge < -0.3 is 25.4 Å². The second-order valence-electron chi connectivity index (χ2n) is 8.91. The zero-order valence-electron chi connectivity index (χ0n) is 20.9. The van der Waals surface area contributed by atoms with E-state index in [2.05, 4.69) is 27.8 Å². The van der Waals surface area contributed by atoms with Gasteiger partial charge in [-0.15, -0.1) is 0 Å². The fourth-order valence-corrected chi connectivity index (χ4v) is 5.81. The molecule has 2 aliphatic heterocycles. The van der Waals surface area contributed by atoms with Gasteiger partial charge in [0.2, 0.25) is 5.91 Å². The van der Waals surface area contributed by atoms with E-state index in [0.717, 1.165) is 25.0 Å². The number of nitrogens with zero attached hydrogens (tertiary/aromatic N) is 1. The van der Waals surface area contributed by atoms with Gasteiger partial charge in [-0.3, -0.25) is 9.59 Å². The van der Waals surface area contributed by atoms with E-state index in [1.807, 2.05) is 11.8 Å². The molecule has 9 nitrogen and oxygen atoms in total. The normalized spacial score (nSPS) is 19.6. The summed E-state index contributed by atoms with van der Waals surface area (Å²) in [6, 6.07) is 9.06. The van der Waals surface area contributed by atoms with Gasteiger partial charge in [-0.1, -0.05) is 24.5 Å². The number of urea groups is 1. The number of amides is 3. The molecule has 3 atom stereocenters. The zero-order valence-corrected chi connectivity index (χ0v) is 21.7. The lowest BCUT2D eigenvalue weighted by atomic mass is 10.0. The van der Waals surface area contributed by atoms with Gasteiger partial charge >= 0.3 is 6.03 Å². The molecule has 3 amide bonds. The van der Waals surface area contributed by atoms with Crippen LogP contribution in [-0.2, 0) is 14.3 Å². The minimum Gasteiger partial charge on any atom is -0.379 e.